The first kappa shape index (κ1) is 40.3. The van der Waals surface area contributed by atoms with Gasteiger partial charge in [0.1, 0.15) is 17.9 Å². The average Bonchev–Trinajstić information content (AvgIpc) is 4.04. The summed E-state index contributed by atoms with van der Waals surface area (Å²) in [5.74, 6) is 0.405. The lowest BCUT2D eigenvalue weighted by atomic mass is 9.32. The second-order valence-electron chi connectivity index (χ2n) is 18.0. The molecule has 4 unspecified atom stereocenters. The van der Waals surface area contributed by atoms with Crippen LogP contribution < -0.4 is 10.6 Å². The molecule has 9 rings (SSSR count). The van der Waals surface area contributed by atoms with E-state index in [-0.39, 0.29) is 46.6 Å². The van der Waals surface area contributed by atoms with Gasteiger partial charge in [-0.1, -0.05) is 76.2 Å². The van der Waals surface area contributed by atoms with E-state index in [0.717, 1.165) is 73.3 Å². The minimum Gasteiger partial charge on any atom is -0.453 e. The van der Waals surface area contributed by atoms with Crippen molar-refractivity contribution >= 4 is 35.3 Å². The number of nitrogens with zero attached hydrogens (tertiary/aromatic N) is 4. The van der Waals surface area contributed by atoms with Gasteiger partial charge in [0.25, 0.3) is 0 Å². The van der Waals surface area contributed by atoms with E-state index in [1.807, 2.05) is 49.9 Å². The van der Waals surface area contributed by atoms with E-state index < -0.39 is 24.3 Å². The maximum Gasteiger partial charge on any atom is 0.407 e. The monoisotopic (exact) mass is 803 g/mol. The predicted molar refractivity (Wildman–Crippen MR) is 224 cm³/mol. The van der Waals surface area contributed by atoms with E-state index in [9.17, 15) is 19.2 Å². The summed E-state index contributed by atoms with van der Waals surface area (Å²) >= 11 is 0. The summed E-state index contributed by atoms with van der Waals surface area (Å²) in [6.07, 6.45) is 10.2. The third-order valence-corrected chi connectivity index (χ3v) is 13.6. The summed E-state index contributed by atoms with van der Waals surface area (Å²) in [6, 6.07) is 16.4. The summed E-state index contributed by atoms with van der Waals surface area (Å²) in [6.45, 7) is 8.96. The Labute approximate surface area is 346 Å². The van der Waals surface area contributed by atoms with Crippen LogP contribution in [0.25, 0.3) is 16.8 Å². The number of hydrogen-bond acceptors (Lipinski definition) is 8. The van der Waals surface area contributed by atoms with Gasteiger partial charge in [0, 0.05) is 31.4 Å². The van der Waals surface area contributed by atoms with Crippen molar-refractivity contribution < 1.29 is 28.7 Å². The number of hydrogen-bond donors (Lipinski definition) is 3. The van der Waals surface area contributed by atoms with Crippen LogP contribution in [0.1, 0.15) is 108 Å². The number of H-pyrrole nitrogens is 1. The topological polar surface area (TPSA) is 158 Å². The molecule has 59 heavy (non-hydrogen) atoms. The molecule has 1 aromatic heterocycles. The van der Waals surface area contributed by atoms with Crippen molar-refractivity contribution in [1.29, 1.82) is 0 Å². The Morgan fingerprint density at radius 3 is 1.73 bits per heavy atom. The first-order valence-electron chi connectivity index (χ1n) is 21.2. The molecule has 4 heterocycles. The minimum absolute atomic E-state index is 0.0683. The summed E-state index contributed by atoms with van der Waals surface area (Å²) in [5, 5.41) is 5.45. The van der Waals surface area contributed by atoms with E-state index in [1.54, 1.807) is 0 Å². The van der Waals surface area contributed by atoms with Crippen molar-refractivity contribution in [2.45, 2.75) is 114 Å². The Hall–Kier alpha value is -5.46. The zero-order chi connectivity index (χ0) is 41.6. The smallest absolute Gasteiger partial charge is 0.407 e. The number of amides is 4. The number of aromatic amines is 1. The molecule has 4 amide bonds. The maximum atomic E-state index is 13.6. The molecule has 5 fully saturated rings. The second-order valence-corrected chi connectivity index (χ2v) is 18.0. The van der Waals surface area contributed by atoms with Crippen molar-refractivity contribution in [2.24, 2.45) is 16.8 Å². The van der Waals surface area contributed by atoms with E-state index in [2.05, 4.69) is 64.1 Å². The number of rotatable bonds is 12. The SMILES string of the molecule is COC(=O)NC(C(=O)N1CCCC1C1=NC=C(c2ccc(C34CC(c5ccc(-c6cnc(C7CCCN7C(=O)C(NC(=O)OC)C(C)C)[nH]6)cc5)(C3)C4)cc2)C1)C(C)C. The van der Waals surface area contributed by atoms with Crippen molar-refractivity contribution in [2.75, 3.05) is 27.3 Å². The van der Waals surface area contributed by atoms with Gasteiger partial charge >= 0.3 is 12.2 Å². The van der Waals surface area contributed by atoms with Crippen LogP contribution >= 0.6 is 0 Å². The molecule has 4 atom stereocenters. The minimum atomic E-state index is -0.669. The predicted octanol–water partition coefficient (Wildman–Crippen LogP) is 7.05. The number of imidazole rings is 1. The van der Waals surface area contributed by atoms with E-state index >= 15 is 0 Å². The molecule has 0 spiro atoms. The van der Waals surface area contributed by atoms with Gasteiger partial charge in [-0.25, -0.2) is 14.6 Å². The van der Waals surface area contributed by atoms with Crippen molar-refractivity contribution in [1.82, 2.24) is 30.4 Å². The zero-order valence-corrected chi connectivity index (χ0v) is 35.0. The van der Waals surface area contributed by atoms with Crippen LogP contribution in [0.5, 0.6) is 0 Å². The number of carbonyl (C=O) groups is 4. The number of nitrogens with one attached hydrogen (secondary N) is 3. The lowest BCUT2D eigenvalue weighted by molar-refractivity contribution is -0.135. The number of alkyl carbamates (subject to hydrolysis) is 2. The lowest BCUT2D eigenvalue weighted by Gasteiger charge is -2.71. The Morgan fingerprint density at radius 2 is 1.22 bits per heavy atom. The molecule has 312 valence electrons. The Morgan fingerprint density at radius 1 is 0.729 bits per heavy atom. The van der Waals surface area contributed by atoms with Gasteiger partial charge in [-0.05, 0) is 95.4 Å². The highest BCUT2D eigenvalue weighted by molar-refractivity contribution is 6.03. The summed E-state index contributed by atoms with van der Waals surface area (Å²) in [7, 11) is 2.61. The van der Waals surface area contributed by atoms with Crippen LogP contribution in [-0.2, 0) is 29.9 Å². The number of benzene rings is 2. The van der Waals surface area contributed by atoms with E-state index in [4.69, 9.17) is 19.5 Å². The van der Waals surface area contributed by atoms with Gasteiger partial charge in [0.2, 0.25) is 11.8 Å². The fourth-order valence-corrected chi connectivity index (χ4v) is 10.4. The van der Waals surface area contributed by atoms with Crippen molar-refractivity contribution in [3.63, 3.8) is 0 Å². The lowest BCUT2D eigenvalue weighted by Crippen LogP contribution is -2.67. The number of methoxy groups -OCH3 is 2. The Bertz CT molecular complexity index is 2140. The fourth-order valence-electron chi connectivity index (χ4n) is 10.4. The molecule has 2 bridgehead atoms. The molecule has 3 aliphatic carbocycles. The van der Waals surface area contributed by atoms with Crippen LogP contribution in [-0.4, -0.2) is 94.9 Å². The van der Waals surface area contributed by atoms with Crippen LogP contribution in [0, 0.1) is 11.8 Å². The zero-order valence-electron chi connectivity index (χ0n) is 35.0. The standard InChI is InChI=1S/C46H57N7O6/c1-27(2)38(50-43(56)58-5)41(54)52-19-7-9-36(52)34-21-31(22-47-34)29-11-15-32(16-12-29)45-24-46(25-45,26-45)33-17-13-30(14-18-33)35-23-48-40(49-35)37-10-8-20-53(37)42(55)39(28(3)4)51-44(57)59-6/h11-18,22-23,27-28,36-39H,7-10,19-21,24-26H2,1-6H3,(H,48,49)(H,50,56)(H,51,57). The van der Waals surface area contributed by atoms with Gasteiger partial charge in [-0.2, -0.15) is 0 Å². The van der Waals surface area contributed by atoms with Crippen molar-refractivity contribution in [3.8, 4) is 11.3 Å². The van der Waals surface area contributed by atoms with Crippen LogP contribution in [0.4, 0.5) is 9.59 Å². The largest absolute Gasteiger partial charge is 0.453 e. The first-order chi connectivity index (χ1) is 28.3. The van der Waals surface area contributed by atoms with Crippen molar-refractivity contribution in [3.05, 3.63) is 83.4 Å². The van der Waals surface area contributed by atoms with Gasteiger partial charge < -0.3 is 34.9 Å². The molecular weight excluding hydrogens is 747 g/mol. The molecule has 3 N–H and O–H groups in total. The van der Waals surface area contributed by atoms with Crippen LogP contribution in [0.3, 0.4) is 0 Å². The van der Waals surface area contributed by atoms with E-state index in [1.165, 1.54) is 30.9 Å². The number of aromatic nitrogens is 2. The maximum absolute atomic E-state index is 13.6. The molecule has 2 saturated heterocycles. The first-order valence-corrected chi connectivity index (χ1v) is 21.2. The summed E-state index contributed by atoms with van der Waals surface area (Å²) in [5.41, 5.74) is 8.54. The van der Waals surface area contributed by atoms with Gasteiger partial charge in [0.05, 0.1) is 38.2 Å². The normalized spacial score (nSPS) is 25.5. The Balaban J connectivity index is 0.856. The summed E-state index contributed by atoms with van der Waals surface area (Å²) in [4.78, 5) is 67.9. The van der Waals surface area contributed by atoms with Gasteiger partial charge in [-0.15, -0.1) is 0 Å². The number of aliphatic imine (C=N–C) groups is 1. The molecular formula is C46H57N7O6. The summed E-state index contributed by atoms with van der Waals surface area (Å²) < 4.78 is 9.56. The quantitative estimate of drug-likeness (QED) is 0.177. The van der Waals surface area contributed by atoms with Crippen LogP contribution in [0.15, 0.2) is 65.9 Å². The Kier molecular flexibility index (Phi) is 10.9. The number of carbonyl (C=O) groups excluding carboxylic acids is 4. The number of allylic oxidation sites excluding steroid dienone is 1. The second kappa shape index (κ2) is 16.0. The third kappa shape index (κ3) is 7.41. The molecule has 2 aromatic carbocycles. The van der Waals surface area contributed by atoms with Gasteiger partial charge in [-0.3, -0.25) is 14.6 Å². The van der Waals surface area contributed by atoms with E-state index in [0.29, 0.717) is 19.5 Å². The highest BCUT2D eigenvalue weighted by atomic mass is 16.5. The molecule has 3 saturated carbocycles. The molecule has 6 aliphatic rings. The number of likely N-dealkylation sites (tertiary alicyclic amines) is 2. The average molecular weight is 804 g/mol. The molecule has 0 radical (unpaired) electrons. The highest BCUT2D eigenvalue weighted by Gasteiger charge is 2.68. The molecule has 13 heteroatoms. The molecule has 3 aromatic rings. The highest BCUT2D eigenvalue weighted by Crippen LogP contribution is 2.74. The van der Waals surface area contributed by atoms with Gasteiger partial charge in [0.15, 0.2) is 0 Å². The molecule has 3 aliphatic heterocycles. The molecule has 13 nitrogen and oxygen atoms in total. The van der Waals surface area contributed by atoms with Crippen LogP contribution in [0.2, 0.25) is 0 Å². The number of ether oxygens (including phenoxy) is 2. The third-order valence-electron chi connectivity index (χ3n) is 13.6. The fraction of sp³-hybridized carbons (Fsp3) is 0.522.